The second-order valence-corrected chi connectivity index (χ2v) is 4.76. The standard InChI is InChI=1S/C10H13F3O4S/c1-2-16-9(14)7-3-5-8(6-4-7)17-18(15)10(11,12)13/h5,7H,2-4,6H2,1H3. The first-order valence-electron chi connectivity index (χ1n) is 5.37. The predicted molar refractivity (Wildman–Crippen MR) is 57.3 cm³/mol. The molecule has 0 heterocycles. The monoisotopic (exact) mass is 286 g/mol. The van der Waals surface area contributed by atoms with E-state index in [1.54, 1.807) is 6.92 Å². The van der Waals surface area contributed by atoms with Gasteiger partial charge in [0.05, 0.1) is 12.5 Å². The number of hydrogen-bond donors (Lipinski definition) is 0. The lowest BCUT2D eigenvalue weighted by atomic mass is 9.93. The fourth-order valence-corrected chi connectivity index (χ4v) is 1.94. The molecule has 4 nitrogen and oxygen atoms in total. The summed E-state index contributed by atoms with van der Waals surface area (Å²) in [5, 5.41) is 0. The molecule has 0 saturated carbocycles. The maximum absolute atomic E-state index is 12.0. The van der Waals surface area contributed by atoms with E-state index in [2.05, 4.69) is 4.18 Å². The second kappa shape index (κ2) is 6.21. The first-order chi connectivity index (χ1) is 8.34. The summed E-state index contributed by atoms with van der Waals surface area (Å²) in [4.78, 5) is 11.4. The van der Waals surface area contributed by atoms with Gasteiger partial charge in [-0.3, -0.25) is 4.79 Å². The summed E-state index contributed by atoms with van der Waals surface area (Å²) in [6.07, 6.45) is 2.07. The van der Waals surface area contributed by atoms with Crippen LogP contribution in [0.15, 0.2) is 11.8 Å². The van der Waals surface area contributed by atoms with Gasteiger partial charge in [0.25, 0.3) is 0 Å². The van der Waals surface area contributed by atoms with E-state index in [1.165, 1.54) is 6.08 Å². The van der Waals surface area contributed by atoms with Crippen LogP contribution >= 0.6 is 0 Å². The summed E-state index contributed by atoms with van der Waals surface area (Å²) >= 11 is -3.34. The van der Waals surface area contributed by atoms with Crippen molar-refractivity contribution in [2.75, 3.05) is 6.61 Å². The van der Waals surface area contributed by atoms with Crippen molar-refractivity contribution in [1.29, 1.82) is 0 Å². The maximum Gasteiger partial charge on any atom is 0.508 e. The normalized spacial score (nSPS) is 22.0. The number of ether oxygens (including phenoxy) is 1. The van der Waals surface area contributed by atoms with Crippen LogP contribution < -0.4 is 0 Å². The summed E-state index contributed by atoms with van der Waals surface area (Å²) in [5.74, 6) is -0.729. The number of carbonyl (C=O) groups excluding carboxylic acids is 1. The van der Waals surface area contributed by atoms with Crippen LogP contribution in [0.5, 0.6) is 0 Å². The Kier molecular flexibility index (Phi) is 5.18. The van der Waals surface area contributed by atoms with Gasteiger partial charge in [-0.25, -0.2) is 4.21 Å². The molecule has 0 aromatic carbocycles. The molecule has 0 spiro atoms. The van der Waals surface area contributed by atoms with E-state index in [9.17, 15) is 22.2 Å². The molecular formula is C10H13F3O4S. The van der Waals surface area contributed by atoms with E-state index in [1.807, 2.05) is 0 Å². The average Bonchev–Trinajstić information content (AvgIpc) is 2.29. The van der Waals surface area contributed by atoms with Gasteiger partial charge in [0, 0.05) is 6.42 Å². The molecule has 1 aliphatic rings. The van der Waals surface area contributed by atoms with Crippen LogP contribution in [-0.2, 0) is 24.8 Å². The molecule has 0 aromatic rings. The van der Waals surface area contributed by atoms with Crippen LogP contribution in [0.4, 0.5) is 13.2 Å². The summed E-state index contributed by atoms with van der Waals surface area (Å²) in [6, 6.07) is 0. The van der Waals surface area contributed by atoms with E-state index in [0.29, 0.717) is 6.42 Å². The molecule has 18 heavy (non-hydrogen) atoms. The van der Waals surface area contributed by atoms with Crippen molar-refractivity contribution in [2.24, 2.45) is 5.92 Å². The van der Waals surface area contributed by atoms with Crippen molar-refractivity contribution in [3.63, 3.8) is 0 Å². The van der Waals surface area contributed by atoms with Crippen LogP contribution in [0.25, 0.3) is 0 Å². The Balaban J connectivity index is 2.50. The van der Waals surface area contributed by atoms with E-state index >= 15 is 0 Å². The average molecular weight is 286 g/mol. The Morgan fingerprint density at radius 3 is 2.67 bits per heavy atom. The smallest absolute Gasteiger partial charge is 0.466 e. The van der Waals surface area contributed by atoms with Gasteiger partial charge >= 0.3 is 22.6 Å². The molecule has 0 aromatic heterocycles. The fourth-order valence-electron chi connectivity index (χ4n) is 1.50. The van der Waals surface area contributed by atoms with Crippen molar-refractivity contribution >= 4 is 17.0 Å². The van der Waals surface area contributed by atoms with E-state index in [0.717, 1.165) is 0 Å². The SMILES string of the molecule is CCOC(=O)C1CC=C(OS(=O)C(F)(F)F)CC1. The highest BCUT2D eigenvalue weighted by atomic mass is 32.2. The number of allylic oxidation sites excluding steroid dienone is 2. The van der Waals surface area contributed by atoms with Crippen LogP contribution in [0.3, 0.4) is 0 Å². The van der Waals surface area contributed by atoms with Crippen LogP contribution in [0.2, 0.25) is 0 Å². The minimum absolute atomic E-state index is 0.00575. The molecule has 0 amide bonds. The predicted octanol–water partition coefficient (Wildman–Crippen LogP) is 2.43. The number of esters is 1. The van der Waals surface area contributed by atoms with E-state index < -0.39 is 16.6 Å². The lowest BCUT2D eigenvalue weighted by Crippen LogP contribution is -2.22. The molecule has 0 fully saturated rings. The van der Waals surface area contributed by atoms with Crippen molar-refractivity contribution in [3.8, 4) is 0 Å². The van der Waals surface area contributed by atoms with Crippen molar-refractivity contribution in [2.45, 2.75) is 31.7 Å². The van der Waals surface area contributed by atoms with Gasteiger partial charge in [0.2, 0.25) is 0 Å². The Hall–Kier alpha value is -1.05. The second-order valence-electron chi connectivity index (χ2n) is 3.66. The van der Waals surface area contributed by atoms with Crippen LogP contribution in [0, 0.1) is 5.92 Å². The summed E-state index contributed by atoms with van der Waals surface area (Å²) < 4.78 is 55.7. The summed E-state index contributed by atoms with van der Waals surface area (Å²) in [5.41, 5.74) is -4.89. The Morgan fingerprint density at radius 1 is 1.56 bits per heavy atom. The Bertz CT molecular complexity index is 365. The highest BCUT2D eigenvalue weighted by molar-refractivity contribution is 7.81. The van der Waals surface area contributed by atoms with Crippen molar-refractivity contribution < 1.29 is 31.1 Å². The zero-order chi connectivity index (χ0) is 13.8. The van der Waals surface area contributed by atoms with Gasteiger partial charge in [-0.15, -0.1) is 0 Å². The van der Waals surface area contributed by atoms with Gasteiger partial charge in [-0.1, -0.05) is 0 Å². The topological polar surface area (TPSA) is 52.6 Å². The number of halogens is 3. The minimum Gasteiger partial charge on any atom is -0.466 e. The van der Waals surface area contributed by atoms with Crippen molar-refractivity contribution in [3.05, 3.63) is 11.8 Å². The highest BCUT2D eigenvalue weighted by Crippen LogP contribution is 2.29. The third-order valence-electron chi connectivity index (χ3n) is 2.36. The zero-order valence-electron chi connectivity index (χ0n) is 9.66. The number of hydrogen-bond acceptors (Lipinski definition) is 4. The largest absolute Gasteiger partial charge is 0.508 e. The molecule has 104 valence electrons. The molecule has 0 aliphatic heterocycles. The van der Waals surface area contributed by atoms with Gasteiger partial charge < -0.3 is 8.92 Å². The molecule has 2 unspecified atom stereocenters. The van der Waals surface area contributed by atoms with Gasteiger partial charge in [-0.05, 0) is 25.8 Å². The molecule has 1 aliphatic carbocycles. The van der Waals surface area contributed by atoms with E-state index in [-0.39, 0.29) is 37.1 Å². The van der Waals surface area contributed by atoms with Gasteiger partial charge in [0.1, 0.15) is 5.76 Å². The van der Waals surface area contributed by atoms with Gasteiger partial charge in [0.15, 0.2) is 0 Å². The van der Waals surface area contributed by atoms with Crippen LogP contribution in [0.1, 0.15) is 26.2 Å². The highest BCUT2D eigenvalue weighted by Gasteiger charge is 2.40. The van der Waals surface area contributed by atoms with Gasteiger partial charge in [-0.2, -0.15) is 13.2 Å². The molecule has 0 saturated heterocycles. The third-order valence-corrected chi connectivity index (χ3v) is 3.10. The quantitative estimate of drug-likeness (QED) is 0.745. The molecule has 0 bridgehead atoms. The maximum atomic E-state index is 12.0. The molecular weight excluding hydrogens is 273 g/mol. The van der Waals surface area contributed by atoms with Crippen LogP contribution in [-0.4, -0.2) is 22.3 Å². The number of alkyl halides is 3. The first kappa shape index (κ1) is 15.0. The third kappa shape index (κ3) is 4.32. The molecule has 2 atom stereocenters. The van der Waals surface area contributed by atoms with E-state index in [4.69, 9.17) is 4.74 Å². The Morgan fingerprint density at radius 2 is 2.22 bits per heavy atom. The summed E-state index contributed by atoms with van der Waals surface area (Å²) in [6.45, 7) is 1.94. The number of carbonyl (C=O) groups is 1. The number of rotatable bonds is 4. The lowest BCUT2D eigenvalue weighted by Gasteiger charge is -2.20. The zero-order valence-corrected chi connectivity index (χ0v) is 10.5. The molecule has 0 radical (unpaired) electrons. The molecule has 8 heteroatoms. The molecule has 1 rings (SSSR count). The fraction of sp³-hybridized carbons (Fsp3) is 0.700. The van der Waals surface area contributed by atoms with Crippen molar-refractivity contribution in [1.82, 2.24) is 0 Å². The summed E-state index contributed by atoms with van der Waals surface area (Å²) in [7, 11) is 0. The lowest BCUT2D eigenvalue weighted by molar-refractivity contribution is -0.148. The molecule has 0 N–H and O–H groups in total. The minimum atomic E-state index is -4.89. The first-order valence-corrected chi connectivity index (χ1v) is 6.44. The Labute approximate surface area is 105 Å².